The van der Waals surface area contributed by atoms with Crippen LogP contribution in [0.25, 0.3) is 0 Å². The zero-order chi connectivity index (χ0) is 12.3. The molecule has 1 saturated heterocycles. The van der Waals surface area contributed by atoms with Crippen molar-refractivity contribution in [1.82, 2.24) is 4.90 Å². The monoisotopic (exact) mass is 235 g/mol. The maximum Gasteiger partial charge on any atom is 0.153 e. The molecule has 0 saturated carbocycles. The fourth-order valence-electron chi connectivity index (χ4n) is 2.00. The Hall–Kier alpha value is -1.55. The van der Waals surface area contributed by atoms with Gasteiger partial charge in [-0.15, -0.1) is 0 Å². The van der Waals surface area contributed by atoms with E-state index in [-0.39, 0.29) is 17.4 Å². The van der Waals surface area contributed by atoms with Gasteiger partial charge in [0.15, 0.2) is 6.29 Å². The molecule has 1 heterocycles. The zero-order valence-electron chi connectivity index (χ0n) is 9.93. The van der Waals surface area contributed by atoms with Gasteiger partial charge in [-0.25, -0.2) is 0 Å². The van der Waals surface area contributed by atoms with E-state index in [2.05, 4.69) is 11.9 Å². The minimum atomic E-state index is -0.00396. The van der Waals surface area contributed by atoms with E-state index in [1.807, 2.05) is 0 Å². The van der Waals surface area contributed by atoms with Crippen LogP contribution < -0.4 is 4.74 Å². The van der Waals surface area contributed by atoms with E-state index in [1.54, 1.807) is 12.1 Å². The maximum absolute atomic E-state index is 10.7. The SMILES string of the molecule is CN1CCC(Oc2ccc(O)c(C=O)c2)CC1. The van der Waals surface area contributed by atoms with Crippen LogP contribution in [-0.2, 0) is 0 Å². The van der Waals surface area contributed by atoms with Gasteiger partial charge in [-0.05, 0) is 38.1 Å². The van der Waals surface area contributed by atoms with Crippen LogP contribution in [0.2, 0.25) is 0 Å². The van der Waals surface area contributed by atoms with Gasteiger partial charge in [0.2, 0.25) is 0 Å². The topological polar surface area (TPSA) is 49.8 Å². The molecule has 1 aromatic rings. The Labute approximate surface area is 101 Å². The predicted molar refractivity (Wildman–Crippen MR) is 64.6 cm³/mol. The van der Waals surface area contributed by atoms with Gasteiger partial charge in [0.25, 0.3) is 0 Å². The highest BCUT2D eigenvalue weighted by Gasteiger charge is 2.18. The number of ether oxygens (including phenoxy) is 1. The molecule has 17 heavy (non-hydrogen) atoms. The van der Waals surface area contributed by atoms with Crippen LogP contribution in [0.3, 0.4) is 0 Å². The second-order valence-corrected chi connectivity index (χ2v) is 4.46. The first kappa shape index (κ1) is 11.9. The van der Waals surface area contributed by atoms with E-state index >= 15 is 0 Å². The fourth-order valence-corrected chi connectivity index (χ4v) is 2.00. The maximum atomic E-state index is 10.7. The van der Waals surface area contributed by atoms with E-state index in [9.17, 15) is 9.90 Å². The first-order valence-electron chi connectivity index (χ1n) is 5.82. The van der Waals surface area contributed by atoms with Gasteiger partial charge in [0.1, 0.15) is 17.6 Å². The van der Waals surface area contributed by atoms with E-state index in [0.29, 0.717) is 12.0 Å². The van der Waals surface area contributed by atoms with E-state index in [0.717, 1.165) is 25.9 Å². The van der Waals surface area contributed by atoms with Crippen LogP contribution in [0.1, 0.15) is 23.2 Å². The lowest BCUT2D eigenvalue weighted by Gasteiger charge is -2.29. The summed E-state index contributed by atoms with van der Waals surface area (Å²) in [6.07, 6.45) is 2.83. The minimum Gasteiger partial charge on any atom is -0.507 e. The first-order valence-corrected chi connectivity index (χ1v) is 5.82. The van der Waals surface area contributed by atoms with Crippen molar-refractivity contribution in [2.75, 3.05) is 20.1 Å². The average Bonchev–Trinajstić information content (AvgIpc) is 2.34. The lowest BCUT2D eigenvalue weighted by molar-refractivity contribution is 0.110. The average molecular weight is 235 g/mol. The lowest BCUT2D eigenvalue weighted by Crippen LogP contribution is -2.35. The molecule has 1 aromatic carbocycles. The standard InChI is InChI=1S/C13H17NO3/c1-14-6-4-11(5-7-14)17-12-2-3-13(16)10(8-12)9-15/h2-3,8-9,11,16H,4-7H2,1H3. The number of benzene rings is 1. The smallest absolute Gasteiger partial charge is 0.153 e. The number of nitrogens with zero attached hydrogens (tertiary/aromatic N) is 1. The van der Waals surface area contributed by atoms with Gasteiger partial charge in [0, 0.05) is 13.1 Å². The summed E-state index contributed by atoms with van der Waals surface area (Å²) in [5, 5.41) is 9.38. The Balaban J connectivity index is 2.01. The highest BCUT2D eigenvalue weighted by Crippen LogP contribution is 2.24. The molecule has 4 heteroatoms. The molecule has 2 rings (SSSR count). The molecular weight excluding hydrogens is 218 g/mol. The highest BCUT2D eigenvalue weighted by molar-refractivity contribution is 5.79. The van der Waals surface area contributed by atoms with Gasteiger partial charge < -0.3 is 14.7 Å². The summed E-state index contributed by atoms with van der Waals surface area (Å²) >= 11 is 0. The number of hydrogen-bond acceptors (Lipinski definition) is 4. The number of aldehydes is 1. The van der Waals surface area contributed by atoms with Crippen LogP contribution in [-0.4, -0.2) is 42.5 Å². The molecule has 0 spiro atoms. The third-order valence-electron chi connectivity index (χ3n) is 3.09. The molecule has 0 aromatic heterocycles. The number of piperidine rings is 1. The van der Waals surface area contributed by atoms with Crippen molar-refractivity contribution in [3.8, 4) is 11.5 Å². The van der Waals surface area contributed by atoms with Gasteiger partial charge in [-0.3, -0.25) is 4.79 Å². The number of carbonyl (C=O) groups is 1. The number of likely N-dealkylation sites (tertiary alicyclic amines) is 1. The van der Waals surface area contributed by atoms with E-state index in [4.69, 9.17) is 4.74 Å². The summed E-state index contributed by atoms with van der Waals surface area (Å²) in [7, 11) is 2.10. The first-order chi connectivity index (χ1) is 8.19. The van der Waals surface area contributed by atoms with E-state index < -0.39 is 0 Å². The summed E-state index contributed by atoms with van der Waals surface area (Å²) in [6, 6.07) is 4.77. The van der Waals surface area contributed by atoms with Crippen LogP contribution in [0.15, 0.2) is 18.2 Å². The Morgan fingerprint density at radius 1 is 1.41 bits per heavy atom. The number of aromatic hydroxyl groups is 1. The summed E-state index contributed by atoms with van der Waals surface area (Å²) in [5.74, 6) is 0.648. The third-order valence-corrected chi connectivity index (χ3v) is 3.09. The van der Waals surface area contributed by atoms with Gasteiger partial charge in [0.05, 0.1) is 5.56 Å². The molecule has 1 fully saturated rings. The van der Waals surface area contributed by atoms with Crippen molar-refractivity contribution in [1.29, 1.82) is 0 Å². The molecule has 0 amide bonds. The van der Waals surface area contributed by atoms with Crippen molar-refractivity contribution in [2.45, 2.75) is 18.9 Å². The number of carbonyl (C=O) groups excluding carboxylic acids is 1. The molecule has 0 unspecified atom stereocenters. The molecule has 4 nitrogen and oxygen atoms in total. The molecule has 92 valence electrons. The van der Waals surface area contributed by atoms with Crippen LogP contribution in [0.5, 0.6) is 11.5 Å². The van der Waals surface area contributed by atoms with Crippen LogP contribution in [0, 0.1) is 0 Å². The number of hydrogen-bond donors (Lipinski definition) is 1. The largest absolute Gasteiger partial charge is 0.507 e. The van der Waals surface area contributed by atoms with Crippen LogP contribution in [0.4, 0.5) is 0 Å². The highest BCUT2D eigenvalue weighted by atomic mass is 16.5. The Bertz CT molecular complexity index is 398. The quantitative estimate of drug-likeness (QED) is 0.810. The molecule has 0 atom stereocenters. The number of phenols is 1. The van der Waals surface area contributed by atoms with Gasteiger partial charge in [-0.1, -0.05) is 0 Å². The molecule has 1 N–H and O–H groups in total. The normalized spacial score (nSPS) is 17.9. The lowest BCUT2D eigenvalue weighted by atomic mass is 10.1. The Morgan fingerprint density at radius 2 is 2.12 bits per heavy atom. The minimum absolute atomic E-state index is 0.00396. The number of phenolic OH excluding ortho intramolecular Hbond substituents is 1. The fraction of sp³-hybridized carbons (Fsp3) is 0.462. The van der Waals surface area contributed by atoms with Gasteiger partial charge in [-0.2, -0.15) is 0 Å². The van der Waals surface area contributed by atoms with Crippen molar-refractivity contribution in [3.63, 3.8) is 0 Å². The molecule has 0 radical (unpaired) electrons. The Kier molecular flexibility index (Phi) is 3.64. The third kappa shape index (κ3) is 2.97. The molecular formula is C13H17NO3. The summed E-state index contributed by atoms with van der Waals surface area (Å²) in [5.41, 5.74) is 0.274. The van der Waals surface area contributed by atoms with Crippen molar-refractivity contribution >= 4 is 6.29 Å². The second kappa shape index (κ2) is 5.19. The van der Waals surface area contributed by atoms with Gasteiger partial charge >= 0.3 is 0 Å². The van der Waals surface area contributed by atoms with Crippen molar-refractivity contribution in [2.24, 2.45) is 0 Å². The zero-order valence-corrected chi connectivity index (χ0v) is 9.93. The number of rotatable bonds is 3. The summed E-state index contributed by atoms with van der Waals surface area (Å²) < 4.78 is 5.80. The van der Waals surface area contributed by atoms with Crippen molar-refractivity contribution in [3.05, 3.63) is 23.8 Å². The molecule has 1 aliphatic rings. The summed E-state index contributed by atoms with van der Waals surface area (Å²) in [6.45, 7) is 2.06. The molecule has 1 aliphatic heterocycles. The van der Waals surface area contributed by atoms with E-state index in [1.165, 1.54) is 6.07 Å². The predicted octanol–water partition coefficient (Wildman–Crippen LogP) is 1.68. The molecule has 0 aliphatic carbocycles. The Morgan fingerprint density at radius 3 is 2.76 bits per heavy atom. The molecule has 0 bridgehead atoms. The van der Waals surface area contributed by atoms with Crippen LogP contribution >= 0.6 is 0 Å². The summed E-state index contributed by atoms with van der Waals surface area (Å²) in [4.78, 5) is 13.0. The second-order valence-electron chi connectivity index (χ2n) is 4.46. The van der Waals surface area contributed by atoms with Crippen molar-refractivity contribution < 1.29 is 14.6 Å².